The SMILES string of the molecule is O=C(O)C1=CC=CC(C(=O)O)(c2ccccc2C(=O)O)C1C(=O)O. The minimum Gasteiger partial charge on any atom is -0.481 e. The van der Waals surface area contributed by atoms with Crippen molar-refractivity contribution in [1.82, 2.24) is 0 Å². The average molecular weight is 332 g/mol. The third-order valence-electron chi connectivity index (χ3n) is 3.85. The number of rotatable bonds is 5. The van der Waals surface area contributed by atoms with E-state index >= 15 is 0 Å². The van der Waals surface area contributed by atoms with Gasteiger partial charge in [-0.2, -0.15) is 0 Å². The maximum Gasteiger partial charge on any atom is 0.336 e. The van der Waals surface area contributed by atoms with Crippen molar-refractivity contribution < 1.29 is 39.6 Å². The zero-order valence-electron chi connectivity index (χ0n) is 12.0. The van der Waals surface area contributed by atoms with Gasteiger partial charge in [-0.1, -0.05) is 36.4 Å². The Kier molecular flexibility index (Phi) is 4.23. The van der Waals surface area contributed by atoms with Crippen molar-refractivity contribution >= 4 is 23.9 Å². The third kappa shape index (κ3) is 2.43. The van der Waals surface area contributed by atoms with E-state index in [0.717, 1.165) is 24.3 Å². The molecule has 2 rings (SSSR count). The second-order valence-corrected chi connectivity index (χ2v) is 5.08. The summed E-state index contributed by atoms with van der Waals surface area (Å²) in [7, 11) is 0. The second-order valence-electron chi connectivity index (χ2n) is 5.08. The summed E-state index contributed by atoms with van der Waals surface area (Å²) in [5, 5.41) is 37.7. The van der Waals surface area contributed by atoms with Crippen LogP contribution < -0.4 is 0 Å². The third-order valence-corrected chi connectivity index (χ3v) is 3.85. The molecule has 0 aliphatic heterocycles. The fraction of sp³-hybridized carbons (Fsp3) is 0.125. The molecule has 0 heterocycles. The fourth-order valence-corrected chi connectivity index (χ4v) is 2.85. The molecule has 2 unspecified atom stereocenters. The normalized spacial score (nSPS) is 22.5. The molecule has 8 heteroatoms. The van der Waals surface area contributed by atoms with Gasteiger partial charge in [-0.25, -0.2) is 9.59 Å². The topological polar surface area (TPSA) is 149 Å². The van der Waals surface area contributed by atoms with E-state index in [1.54, 1.807) is 0 Å². The maximum atomic E-state index is 12.0. The molecule has 0 bridgehead atoms. The number of allylic oxidation sites excluding steroid dienone is 2. The van der Waals surface area contributed by atoms with E-state index < -0.39 is 46.3 Å². The summed E-state index contributed by atoms with van der Waals surface area (Å²) in [6, 6.07) is 5.02. The Hall–Kier alpha value is -3.42. The molecule has 0 saturated carbocycles. The van der Waals surface area contributed by atoms with Crippen LogP contribution in [-0.4, -0.2) is 44.3 Å². The molecule has 0 radical (unpaired) electrons. The first-order chi connectivity index (χ1) is 11.2. The van der Waals surface area contributed by atoms with Crippen molar-refractivity contribution in [3.63, 3.8) is 0 Å². The molecule has 1 aliphatic rings. The second kappa shape index (κ2) is 5.99. The quantitative estimate of drug-likeness (QED) is 0.623. The number of hydrogen-bond donors (Lipinski definition) is 4. The summed E-state index contributed by atoms with van der Waals surface area (Å²) in [6.07, 6.45) is 3.10. The van der Waals surface area contributed by atoms with Gasteiger partial charge in [0.25, 0.3) is 0 Å². The number of hydrogen-bond acceptors (Lipinski definition) is 4. The van der Waals surface area contributed by atoms with Crippen LogP contribution >= 0.6 is 0 Å². The highest BCUT2D eigenvalue weighted by molar-refractivity contribution is 6.03. The number of carboxylic acid groups (broad SMARTS) is 4. The van der Waals surface area contributed by atoms with E-state index in [9.17, 15) is 39.6 Å². The minimum atomic E-state index is -2.36. The van der Waals surface area contributed by atoms with Crippen LogP contribution in [0.15, 0.2) is 48.1 Å². The first kappa shape index (κ1) is 16.9. The molecule has 0 saturated heterocycles. The van der Waals surface area contributed by atoms with E-state index in [4.69, 9.17) is 0 Å². The molecule has 4 N–H and O–H groups in total. The van der Waals surface area contributed by atoms with Gasteiger partial charge < -0.3 is 20.4 Å². The largest absolute Gasteiger partial charge is 0.481 e. The van der Waals surface area contributed by atoms with Crippen LogP contribution in [0.25, 0.3) is 0 Å². The van der Waals surface area contributed by atoms with E-state index in [2.05, 4.69) is 0 Å². The summed E-state index contributed by atoms with van der Waals surface area (Å²) in [5.74, 6) is -8.37. The van der Waals surface area contributed by atoms with Gasteiger partial charge in [0.15, 0.2) is 0 Å². The summed E-state index contributed by atoms with van der Waals surface area (Å²) >= 11 is 0. The molecular weight excluding hydrogens is 320 g/mol. The predicted molar refractivity (Wildman–Crippen MR) is 78.7 cm³/mol. The van der Waals surface area contributed by atoms with Crippen molar-refractivity contribution in [3.8, 4) is 0 Å². The molecule has 124 valence electrons. The van der Waals surface area contributed by atoms with Gasteiger partial charge in [0.05, 0.1) is 11.1 Å². The first-order valence-electron chi connectivity index (χ1n) is 6.65. The highest BCUT2D eigenvalue weighted by atomic mass is 16.4. The molecule has 0 fully saturated rings. The Morgan fingerprint density at radius 3 is 2.04 bits per heavy atom. The van der Waals surface area contributed by atoms with Gasteiger partial charge in [-0.3, -0.25) is 9.59 Å². The van der Waals surface area contributed by atoms with Gasteiger partial charge >= 0.3 is 23.9 Å². The Morgan fingerprint density at radius 2 is 1.54 bits per heavy atom. The smallest absolute Gasteiger partial charge is 0.336 e. The van der Waals surface area contributed by atoms with E-state index in [-0.39, 0.29) is 5.56 Å². The minimum absolute atomic E-state index is 0.305. The lowest BCUT2D eigenvalue weighted by Crippen LogP contribution is -2.49. The molecule has 0 spiro atoms. The summed E-state index contributed by atoms with van der Waals surface area (Å²) < 4.78 is 0. The number of carbonyl (C=O) groups is 4. The Labute approximate surface area is 135 Å². The lowest BCUT2D eigenvalue weighted by Gasteiger charge is -2.35. The highest BCUT2D eigenvalue weighted by Gasteiger charge is 2.54. The van der Waals surface area contributed by atoms with Crippen molar-refractivity contribution in [2.75, 3.05) is 0 Å². The average Bonchev–Trinajstić information content (AvgIpc) is 2.53. The van der Waals surface area contributed by atoms with Crippen LogP contribution in [0.4, 0.5) is 0 Å². The van der Waals surface area contributed by atoms with Gasteiger partial charge in [0.2, 0.25) is 0 Å². The maximum absolute atomic E-state index is 12.0. The van der Waals surface area contributed by atoms with E-state index in [0.29, 0.717) is 0 Å². The number of aromatic carboxylic acids is 1. The monoisotopic (exact) mass is 332 g/mol. The predicted octanol–water partition coefficient (Wildman–Crippen LogP) is 0.989. The van der Waals surface area contributed by atoms with Crippen LogP contribution in [0.1, 0.15) is 15.9 Å². The number of carboxylic acids is 4. The van der Waals surface area contributed by atoms with Crippen molar-refractivity contribution in [2.45, 2.75) is 5.41 Å². The highest BCUT2D eigenvalue weighted by Crippen LogP contribution is 2.43. The van der Waals surface area contributed by atoms with Gasteiger partial charge in [0, 0.05) is 0 Å². The summed E-state index contributed by atoms with van der Waals surface area (Å²) in [4.78, 5) is 46.5. The van der Waals surface area contributed by atoms with E-state index in [1.807, 2.05) is 0 Å². The molecular formula is C16H12O8. The Morgan fingerprint density at radius 1 is 0.917 bits per heavy atom. The van der Waals surface area contributed by atoms with Crippen molar-refractivity contribution in [2.24, 2.45) is 5.92 Å². The van der Waals surface area contributed by atoms with Crippen LogP contribution in [0.5, 0.6) is 0 Å². The fourth-order valence-electron chi connectivity index (χ4n) is 2.85. The molecule has 1 aliphatic carbocycles. The van der Waals surface area contributed by atoms with Gasteiger partial charge in [-0.15, -0.1) is 0 Å². The number of benzene rings is 1. The van der Waals surface area contributed by atoms with Crippen molar-refractivity contribution in [1.29, 1.82) is 0 Å². The van der Waals surface area contributed by atoms with Gasteiger partial charge in [0.1, 0.15) is 11.3 Å². The number of aliphatic carboxylic acids is 3. The Bertz CT molecular complexity index is 804. The van der Waals surface area contributed by atoms with E-state index in [1.165, 1.54) is 18.2 Å². The zero-order chi connectivity index (χ0) is 18.1. The molecule has 24 heavy (non-hydrogen) atoms. The standard InChI is InChI=1S/C16H12O8/c17-12(18)8-4-1-2-6-10(8)16(15(23)24)7-3-5-9(13(19)20)11(16)14(21)22/h1-7,11H,(H,17,18)(H,19,20)(H,21,22)(H,23,24). The summed E-state index contributed by atoms with van der Waals surface area (Å²) in [6.45, 7) is 0. The van der Waals surface area contributed by atoms with Crippen molar-refractivity contribution in [3.05, 3.63) is 59.2 Å². The zero-order valence-corrected chi connectivity index (χ0v) is 12.0. The summed E-state index contributed by atoms with van der Waals surface area (Å²) in [5.41, 5.74) is -3.72. The van der Waals surface area contributed by atoms with Crippen LogP contribution in [-0.2, 0) is 19.8 Å². The molecule has 1 aromatic carbocycles. The molecule has 2 atom stereocenters. The van der Waals surface area contributed by atoms with Crippen LogP contribution in [0, 0.1) is 5.92 Å². The lowest BCUT2D eigenvalue weighted by atomic mass is 9.64. The lowest BCUT2D eigenvalue weighted by molar-refractivity contribution is -0.154. The molecule has 0 aromatic heterocycles. The molecule has 8 nitrogen and oxygen atoms in total. The van der Waals surface area contributed by atoms with Gasteiger partial charge in [-0.05, 0) is 11.6 Å². The van der Waals surface area contributed by atoms with Crippen LogP contribution in [0.3, 0.4) is 0 Å². The molecule has 0 amide bonds. The Balaban J connectivity index is 2.87. The molecule has 1 aromatic rings. The van der Waals surface area contributed by atoms with Crippen LogP contribution in [0.2, 0.25) is 0 Å². The first-order valence-corrected chi connectivity index (χ1v) is 6.65.